The molecule has 0 aliphatic carbocycles. The molecular formula is C25H24FN3O6. The van der Waals surface area contributed by atoms with E-state index in [2.05, 4.69) is 0 Å². The van der Waals surface area contributed by atoms with Crippen LogP contribution in [0.1, 0.15) is 23.3 Å². The van der Waals surface area contributed by atoms with E-state index >= 15 is 4.39 Å². The standard InChI is InChI=1S/C25H24FN3O6/c1-32-23(30)20-19(14-8-6-5-7-9-14)16(13-27)22(28)29(21(20)24(31)33-2)18-12-15(10-11-17(18)26)25(34-3)35-4/h5-12,19,25H,28H2,1-4H3. The average Bonchev–Trinajstić information content (AvgIpc) is 2.89. The predicted molar refractivity (Wildman–Crippen MR) is 123 cm³/mol. The van der Waals surface area contributed by atoms with Crippen LogP contribution in [-0.4, -0.2) is 40.4 Å². The SMILES string of the molecule is COC(=O)C1=C(C(=O)OC)N(c2cc(C(OC)OC)ccc2F)C(N)=C(C#N)C1c1ccccc1. The van der Waals surface area contributed by atoms with Gasteiger partial charge in [-0.3, -0.25) is 4.90 Å². The van der Waals surface area contributed by atoms with Crippen molar-refractivity contribution < 1.29 is 32.9 Å². The van der Waals surface area contributed by atoms with E-state index in [4.69, 9.17) is 24.7 Å². The van der Waals surface area contributed by atoms with E-state index in [1.165, 1.54) is 26.4 Å². The number of nitrogens with zero attached hydrogens (tertiary/aromatic N) is 2. The van der Waals surface area contributed by atoms with Crippen molar-refractivity contribution >= 4 is 17.6 Å². The molecule has 2 aromatic rings. The number of carbonyl (C=O) groups is 2. The molecule has 0 fully saturated rings. The van der Waals surface area contributed by atoms with Crippen LogP contribution in [0, 0.1) is 17.1 Å². The van der Waals surface area contributed by atoms with E-state index in [1.807, 2.05) is 6.07 Å². The van der Waals surface area contributed by atoms with E-state index in [-0.39, 0.29) is 28.4 Å². The van der Waals surface area contributed by atoms with Gasteiger partial charge >= 0.3 is 11.9 Å². The van der Waals surface area contributed by atoms with Crippen molar-refractivity contribution in [3.8, 4) is 6.07 Å². The fraction of sp³-hybridized carbons (Fsp3) is 0.240. The van der Waals surface area contributed by atoms with Crippen LogP contribution in [0.25, 0.3) is 0 Å². The molecule has 2 N–H and O–H groups in total. The Bertz CT molecular complexity index is 1230. The van der Waals surface area contributed by atoms with Gasteiger partial charge in [0.1, 0.15) is 17.3 Å². The van der Waals surface area contributed by atoms with Gasteiger partial charge in [0, 0.05) is 19.8 Å². The first kappa shape index (κ1) is 25.4. The van der Waals surface area contributed by atoms with Gasteiger partial charge in [-0.1, -0.05) is 36.4 Å². The lowest BCUT2D eigenvalue weighted by Crippen LogP contribution is -2.41. The number of allylic oxidation sites excluding steroid dienone is 1. The number of anilines is 1. The lowest BCUT2D eigenvalue weighted by atomic mass is 9.81. The largest absolute Gasteiger partial charge is 0.466 e. The molecular weight excluding hydrogens is 457 g/mol. The second kappa shape index (κ2) is 10.8. The highest BCUT2D eigenvalue weighted by atomic mass is 19.1. The Kier molecular flexibility index (Phi) is 7.86. The molecule has 0 bridgehead atoms. The molecule has 0 aromatic heterocycles. The Hall–Kier alpha value is -4.20. The summed E-state index contributed by atoms with van der Waals surface area (Å²) in [4.78, 5) is 27.1. The molecule has 0 saturated heterocycles. The number of halogens is 1. The number of rotatable bonds is 7. The molecule has 10 heteroatoms. The molecule has 182 valence electrons. The predicted octanol–water partition coefficient (Wildman–Crippen LogP) is 3.01. The first-order valence-electron chi connectivity index (χ1n) is 10.3. The third-order valence-corrected chi connectivity index (χ3v) is 5.52. The highest BCUT2D eigenvalue weighted by Gasteiger charge is 2.43. The van der Waals surface area contributed by atoms with E-state index in [9.17, 15) is 14.9 Å². The molecule has 0 amide bonds. The van der Waals surface area contributed by atoms with Gasteiger partial charge in [-0.05, 0) is 17.7 Å². The number of nitrogens with two attached hydrogens (primary N) is 1. The van der Waals surface area contributed by atoms with Crippen molar-refractivity contribution in [3.63, 3.8) is 0 Å². The monoisotopic (exact) mass is 481 g/mol. The minimum absolute atomic E-state index is 0.0795. The Labute approximate surface area is 201 Å². The number of hydrogen-bond acceptors (Lipinski definition) is 9. The van der Waals surface area contributed by atoms with Crippen LogP contribution in [0.3, 0.4) is 0 Å². The van der Waals surface area contributed by atoms with Crippen molar-refractivity contribution in [1.29, 1.82) is 5.26 Å². The second-order valence-electron chi connectivity index (χ2n) is 7.35. The number of benzene rings is 2. The van der Waals surface area contributed by atoms with Crippen molar-refractivity contribution in [3.05, 3.63) is 88.1 Å². The summed E-state index contributed by atoms with van der Waals surface area (Å²) < 4.78 is 35.6. The zero-order chi connectivity index (χ0) is 25.7. The lowest BCUT2D eigenvalue weighted by Gasteiger charge is -2.36. The molecule has 3 rings (SSSR count). The molecule has 2 aromatic carbocycles. The number of ether oxygens (including phenoxy) is 4. The smallest absolute Gasteiger partial charge is 0.355 e. The van der Waals surface area contributed by atoms with Gasteiger partial charge in [-0.15, -0.1) is 0 Å². The molecule has 1 heterocycles. The molecule has 1 atom stereocenters. The van der Waals surface area contributed by atoms with Gasteiger partial charge in [0.15, 0.2) is 6.29 Å². The first-order chi connectivity index (χ1) is 16.8. The van der Waals surface area contributed by atoms with Gasteiger partial charge in [-0.25, -0.2) is 14.0 Å². The Balaban J connectivity index is 2.42. The van der Waals surface area contributed by atoms with Crippen LogP contribution in [0.2, 0.25) is 0 Å². The minimum Gasteiger partial charge on any atom is -0.466 e. The first-order valence-corrected chi connectivity index (χ1v) is 10.3. The molecule has 0 spiro atoms. The number of methoxy groups -OCH3 is 4. The minimum atomic E-state index is -1.06. The fourth-order valence-corrected chi connectivity index (χ4v) is 3.98. The van der Waals surface area contributed by atoms with E-state index in [0.29, 0.717) is 11.1 Å². The maximum atomic E-state index is 15.2. The van der Waals surface area contributed by atoms with Gasteiger partial charge in [-0.2, -0.15) is 5.26 Å². The Morgan fingerprint density at radius 1 is 1.03 bits per heavy atom. The normalized spacial score (nSPS) is 15.8. The summed E-state index contributed by atoms with van der Waals surface area (Å²) in [5.41, 5.74) is 6.39. The lowest BCUT2D eigenvalue weighted by molar-refractivity contribution is -0.139. The number of nitriles is 1. The van der Waals surface area contributed by atoms with E-state index < -0.39 is 30.0 Å². The van der Waals surface area contributed by atoms with Crippen molar-refractivity contribution in [2.24, 2.45) is 5.73 Å². The highest BCUT2D eigenvalue weighted by molar-refractivity contribution is 6.06. The van der Waals surface area contributed by atoms with Crippen molar-refractivity contribution in [2.75, 3.05) is 33.3 Å². The fourth-order valence-electron chi connectivity index (χ4n) is 3.98. The number of esters is 2. The number of carbonyl (C=O) groups excluding carboxylic acids is 2. The zero-order valence-electron chi connectivity index (χ0n) is 19.6. The van der Waals surface area contributed by atoms with Crippen molar-refractivity contribution in [2.45, 2.75) is 12.2 Å². The molecule has 9 nitrogen and oxygen atoms in total. The summed E-state index contributed by atoms with van der Waals surface area (Å²) in [7, 11) is 5.05. The summed E-state index contributed by atoms with van der Waals surface area (Å²) in [6.07, 6.45) is -0.859. The van der Waals surface area contributed by atoms with Gasteiger partial charge in [0.05, 0.1) is 43.0 Å². The van der Waals surface area contributed by atoms with Crippen LogP contribution in [0.15, 0.2) is 71.2 Å². The second-order valence-corrected chi connectivity index (χ2v) is 7.35. The summed E-state index contributed by atoms with van der Waals surface area (Å²) in [5, 5.41) is 10.1. The van der Waals surface area contributed by atoms with E-state index in [0.717, 1.165) is 25.2 Å². The van der Waals surface area contributed by atoms with Crippen LogP contribution < -0.4 is 10.6 Å². The topological polar surface area (TPSA) is 124 Å². The van der Waals surface area contributed by atoms with Crippen LogP contribution >= 0.6 is 0 Å². The summed E-state index contributed by atoms with van der Waals surface area (Å²) in [6.45, 7) is 0. The summed E-state index contributed by atoms with van der Waals surface area (Å²) >= 11 is 0. The molecule has 1 aliphatic heterocycles. The maximum absolute atomic E-state index is 15.2. The average molecular weight is 481 g/mol. The van der Waals surface area contributed by atoms with Crippen molar-refractivity contribution in [1.82, 2.24) is 0 Å². The molecule has 0 radical (unpaired) electrons. The van der Waals surface area contributed by atoms with Crippen LogP contribution in [0.5, 0.6) is 0 Å². The van der Waals surface area contributed by atoms with Gasteiger partial charge in [0.25, 0.3) is 0 Å². The molecule has 35 heavy (non-hydrogen) atoms. The maximum Gasteiger partial charge on any atom is 0.355 e. The summed E-state index contributed by atoms with van der Waals surface area (Å²) in [5.74, 6) is -3.99. The van der Waals surface area contributed by atoms with Crippen LogP contribution in [-0.2, 0) is 28.5 Å². The Morgan fingerprint density at radius 3 is 2.20 bits per heavy atom. The van der Waals surface area contributed by atoms with E-state index in [1.54, 1.807) is 30.3 Å². The molecule has 1 unspecified atom stereocenters. The van der Waals surface area contributed by atoms with Gasteiger partial charge in [0.2, 0.25) is 0 Å². The molecule has 0 saturated carbocycles. The van der Waals surface area contributed by atoms with Gasteiger partial charge < -0.3 is 24.7 Å². The Morgan fingerprint density at radius 2 is 1.66 bits per heavy atom. The zero-order valence-corrected chi connectivity index (χ0v) is 19.6. The third-order valence-electron chi connectivity index (χ3n) is 5.52. The highest BCUT2D eigenvalue weighted by Crippen LogP contribution is 2.44. The summed E-state index contributed by atoms with van der Waals surface area (Å²) in [6, 6.07) is 14.4. The molecule has 1 aliphatic rings. The number of hydrogen-bond donors (Lipinski definition) is 1. The third kappa shape index (κ3) is 4.59. The van der Waals surface area contributed by atoms with Crippen LogP contribution in [0.4, 0.5) is 10.1 Å². The quantitative estimate of drug-likeness (QED) is 0.469.